The van der Waals surface area contributed by atoms with Gasteiger partial charge in [-0.2, -0.15) is 0 Å². The van der Waals surface area contributed by atoms with Gasteiger partial charge in [-0.05, 0) is 36.4 Å². The van der Waals surface area contributed by atoms with Crippen LogP contribution >= 0.6 is 11.3 Å². The maximum atomic E-state index is 11.9. The highest BCUT2D eigenvalue weighted by Crippen LogP contribution is 2.11. The van der Waals surface area contributed by atoms with E-state index < -0.39 is 0 Å². The van der Waals surface area contributed by atoms with Gasteiger partial charge in [-0.1, -0.05) is 18.2 Å². The number of thiophene rings is 1. The Bertz CT molecular complexity index is 833. The third-order valence-corrected chi connectivity index (χ3v) is 4.68. The van der Waals surface area contributed by atoms with Crippen molar-refractivity contribution in [3.63, 3.8) is 0 Å². The molecule has 0 atom stereocenters. The topological polar surface area (TPSA) is 66.9 Å². The van der Waals surface area contributed by atoms with E-state index in [0.717, 1.165) is 23.9 Å². The molecule has 2 heterocycles. The van der Waals surface area contributed by atoms with Crippen molar-refractivity contribution in [1.82, 2.24) is 14.9 Å². The number of nitrogens with zero attached hydrogens (tertiary/aromatic N) is 1. The maximum absolute atomic E-state index is 11.9. The molecular weight excluding hydrogens is 310 g/mol. The average molecular weight is 329 g/mol. The van der Waals surface area contributed by atoms with E-state index in [1.54, 1.807) is 15.9 Å². The molecule has 1 amide bonds. The van der Waals surface area contributed by atoms with Gasteiger partial charge in [0.1, 0.15) is 0 Å². The summed E-state index contributed by atoms with van der Waals surface area (Å²) < 4.78 is 1.72. The van der Waals surface area contributed by atoms with Crippen molar-refractivity contribution in [2.24, 2.45) is 0 Å². The van der Waals surface area contributed by atoms with Crippen LogP contribution in [0.4, 0.5) is 0 Å². The number of nitrogens with one attached hydrogen (secondary N) is 2. The third kappa shape index (κ3) is 3.90. The average Bonchev–Trinajstić information content (AvgIpc) is 3.17. The van der Waals surface area contributed by atoms with Crippen LogP contribution in [0.25, 0.3) is 11.0 Å². The van der Waals surface area contributed by atoms with E-state index in [1.165, 1.54) is 4.88 Å². The Morgan fingerprint density at radius 3 is 2.91 bits per heavy atom. The number of rotatable bonds is 7. The Balaban J connectivity index is 1.45. The number of H-pyrrole nitrogens is 1. The fourth-order valence-electron chi connectivity index (χ4n) is 2.57. The second-order valence-electron chi connectivity index (χ2n) is 5.38. The van der Waals surface area contributed by atoms with Crippen molar-refractivity contribution in [3.8, 4) is 0 Å². The van der Waals surface area contributed by atoms with Crippen LogP contribution in [0.5, 0.6) is 0 Å². The summed E-state index contributed by atoms with van der Waals surface area (Å²) in [5.74, 6) is 0.0599. The summed E-state index contributed by atoms with van der Waals surface area (Å²) in [6.45, 7) is 1.17. The van der Waals surface area contributed by atoms with E-state index in [0.29, 0.717) is 19.5 Å². The number of imidazole rings is 1. The van der Waals surface area contributed by atoms with Gasteiger partial charge in [0.2, 0.25) is 5.91 Å². The fourth-order valence-corrected chi connectivity index (χ4v) is 3.28. The second kappa shape index (κ2) is 7.28. The Labute approximate surface area is 138 Å². The van der Waals surface area contributed by atoms with Crippen LogP contribution in [0.2, 0.25) is 0 Å². The highest BCUT2D eigenvalue weighted by atomic mass is 32.1. The molecule has 0 bridgehead atoms. The molecule has 0 saturated carbocycles. The van der Waals surface area contributed by atoms with Crippen LogP contribution in [-0.2, 0) is 17.8 Å². The normalized spacial score (nSPS) is 11.0. The largest absolute Gasteiger partial charge is 0.356 e. The van der Waals surface area contributed by atoms with Crippen molar-refractivity contribution in [2.75, 3.05) is 6.54 Å². The van der Waals surface area contributed by atoms with Crippen molar-refractivity contribution >= 4 is 28.3 Å². The second-order valence-corrected chi connectivity index (χ2v) is 6.41. The number of carbonyl (C=O) groups is 1. The summed E-state index contributed by atoms with van der Waals surface area (Å²) in [5.41, 5.74) is 1.65. The van der Waals surface area contributed by atoms with Crippen molar-refractivity contribution < 1.29 is 4.79 Å². The fraction of sp³-hybridized carbons (Fsp3) is 0.294. The first-order chi connectivity index (χ1) is 11.2. The molecule has 3 rings (SSSR count). The van der Waals surface area contributed by atoms with Crippen molar-refractivity contribution in [1.29, 1.82) is 0 Å². The highest BCUT2D eigenvalue weighted by Gasteiger charge is 2.06. The van der Waals surface area contributed by atoms with Gasteiger partial charge in [0.05, 0.1) is 11.0 Å². The van der Waals surface area contributed by atoms with Gasteiger partial charge >= 0.3 is 5.69 Å². The number of hydrogen-bond acceptors (Lipinski definition) is 3. The zero-order chi connectivity index (χ0) is 16.1. The van der Waals surface area contributed by atoms with Crippen molar-refractivity contribution in [3.05, 3.63) is 57.1 Å². The number of para-hydroxylation sites is 2. The summed E-state index contributed by atoms with van der Waals surface area (Å²) in [6, 6.07) is 11.7. The number of amides is 1. The Morgan fingerprint density at radius 1 is 1.22 bits per heavy atom. The van der Waals surface area contributed by atoms with E-state index >= 15 is 0 Å². The summed E-state index contributed by atoms with van der Waals surface area (Å²) in [5, 5.41) is 4.94. The van der Waals surface area contributed by atoms with Gasteiger partial charge in [0.25, 0.3) is 0 Å². The molecule has 0 fully saturated rings. The number of fused-ring (bicyclic) bond motifs is 1. The number of aromatic amines is 1. The van der Waals surface area contributed by atoms with Crippen LogP contribution in [0.1, 0.15) is 17.7 Å². The molecule has 3 aromatic rings. The third-order valence-electron chi connectivity index (χ3n) is 3.74. The van der Waals surface area contributed by atoms with Crippen molar-refractivity contribution in [2.45, 2.75) is 25.8 Å². The van der Waals surface area contributed by atoms with Crippen LogP contribution in [0, 0.1) is 0 Å². The summed E-state index contributed by atoms with van der Waals surface area (Å²) in [6.07, 6.45) is 2.02. The predicted octanol–water partition coefficient (Wildman–Crippen LogP) is 2.53. The van der Waals surface area contributed by atoms with E-state index in [-0.39, 0.29) is 11.6 Å². The minimum Gasteiger partial charge on any atom is -0.356 e. The van der Waals surface area contributed by atoms with Gasteiger partial charge < -0.3 is 10.3 Å². The van der Waals surface area contributed by atoms with Gasteiger partial charge in [-0.3, -0.25) is 9.36 Å². The van der Waals surface area contributed by atoms with Gasteiger partial charge in [0.15, 0.2) is 0 Å². The standard InChI is InChI=1S/C17H19N3O2S/c21-16(9-8-13-5-3-12-23-13)18-10-4-11-20-15-7-2-1-6-14(15)19-17(20)22/h1-3,5-7,12H,4,8-11H2,(H,18,21)(H,19,22). The van der Waals surface area contributed by atoms with Crippen LogP contribution < -0.4 is 11.0 Å². The predicted molar refractivity (Wildman–Crippen MR) is 92.8 cm³/mol. The number of hydrogen-bond donors (Lipinski definition) is 2. The molecule has 2 N–H and O–H groups in total. The number of benzene rings is 1. The highest BCUT2D eigenvalue weighted by molar-refractivity contribution is 7.09. The van der Waals surface area contributed by atoms with Crippen LogP contribution in [0.3, 0.4) is 0 Å². The monoisotopic (exact) mass is 329 g/mol. The van der Waals surface area contributed by atoms with E-state index in [9.17, 15) is 9.59 Å². The number of aromatic nitrogens is 2. The summed E-state index contributed by atoms with van der Waals surface area (Å²) in [7, 11) is 0. The van der Waals surface area contributed by atoms with Gasteiger partial charge in [-0.25, -0.2) is 4.79 Å². The lowest BCUT2D eigenvalue weighted by Crippen LogP contribution is -2.26. The first-order valence-corrected chi connectivity index (χ1v) is 8.58. The Kier molecular flexibility index (Phi) is 4.92. The van der Waals surface area contributed by atoms with E-state index in [4.69, 9.17) is 0 Å². The lowest BCUT2D eigenvalue weighted by Gasteiger charge is -2.06. The molecule has 0 unspecified atom stereocenters. The molecule has 0 aliphatic heterocycles. The zero-order valence-corrected chi connectivity index (χ0v) is 13.6. The minimum atomic E-state index is -0.102. The SMILES string of the molecule is O=C(CCc1cccs1)NCCCn1c(=O)[nH]c2ccccc21. The zero-order valence-electron chi connectivity index (χ0n) is 12.7. The molecule has 120 valence electrons. The molecule has 0 spiro atoms. The first kappa shape index (κ1) is 15.6. The molecule has 6 heteroatoms. The van der Waals surface area contributed by atoms with E-state index in [1.807, 2.05) is 41.8 Å². The Morgan fingerprint density at radius 2 is 2.09 bits per heavy atom. The van der Waals surface area contributed by atoms with Gasteiger partial charge in [-0.15, -0.1) is 11.3 Å². The summed E-state index contributed by atoms with van der Waals surface area (Å²) >= 11 is 1.67. The number of carbonyl (C=O) groups excluding carboxylic acids is 1. The Hall–Kier alpha value is -2.34. The smallest absolute Gasteiger partial charge is 0.326 e. The molecule has 2 aromatic heterocycles. The van der Waals surface area contributed by atoms with Gasteiger partial charge in [0, 0.05) is 24.4 Å². The molecular formula is C17H19N3O2S. The van der Waals surface area contributed by atoms with E-state index in [2.05, 4.69) is 10.3 Å². The lowest BCUT2D eigenvalue weighted by atomic mass is 10.2. The van der Waals surface area contributed by atoms with Crippen LogP contribution in [-0.4, -0.2) is 22.0 Å². The quantitative estimate of drug-likeness (QED) is 0.654. The molecule has 0 aliphatic rings. The molecule has 0 radical (unpaired) electrons. The molecule has 0 saturated heterocycles. The molecule has 1 aromatic carbocycles. The summed E-state index contributed by atoms with van der Waals surface area (Å²) in [4.78, 5) is 27.8. The van der Waals surface area contributed by atoms with Crippen LogP contribution in [0.15, 0.2) is 46.6 Å². The molecule has 23 heavy (non-hydrogen) atoms. The lowest BCUT2D eigenvalue weighted by molar-refractivity contribution is -0.121. The minimum absolute atomic E-state index is 0.0599. The first-order valence-electron chi connectivity index (χ1n) is 7.70. The number of aryl methyl sites for hydroxylation is 2. The maximum Gasteiger partial charge on any atom is 0.326 e. The molecule has 0 aliphatic carbocycles. The molecule has 5 nitrogen and oxygen atoms in total.